The van der Waals surface area contributed by atoms with Crippen LogP contribution in [0.25, 0.3) is 0 Å². The molecule has 0 aromatic carbocycles. The molecule has 2 aliphatic rings. The topological polar surface area (TPSA) is 49.4 Å². The van der Waals surface area contributed by atoms with Gasteiger partial charge in [0.25, 0.3) is 0 Å². The monoisotopic (exact) mass is 516 g/mol. The van der Waals surface area contributed by atoms with Gasteiger partial charge < -0.3 is 10.2 Å². The van der Waals surface area contributed by atoms with Crippen LogP contribution in [0.1, 0.15) is 90.9 Å². The number of halogens is 1. The van der Waals surface area contributed by atoms with E-state index in [1.54, 1.807) is 0 Å². The lowest BCUT2D eigenvalue weighted by Crippen LogP contribution is -2.56. The van der Waals surface area contributed by atoms with E-state index in [0.29, 0.717) is 9.84 Å². The Hall–Kier alpha value is -0.590. The van der Waals surface area contributed by atoms with Crippen molar-refractivity contribution in [2.75, 3.05) is 13.1 Å². The van der Waals surface area contributed by atoms with Crippen LogP contribution in [0.5, 0.6) is 0 Å². The maximum Gasteiger partial charge on any atom is 0.243 e. The third-order valence-electron chi connectivity index (χ3n) is 6.49. The fourth-order valence-corrected chi connectivity index (χ4v) is 5.62. The van der Waals surface area contributed by atoms with Gasteiger partial charge in [-0.3, -0.25) is 9.59 Å². The number of nitrogens with zero attached hydrogens (tertiary/aromatic N) is 1. The molecule has 0 aliphatic heterocycles. The molecule has 166 valence electrons. The lowest BCUT2D eigenvalue weighted by atomic mass is 9.81. The predicted octanol–water partition coefficient (Wildman–Crippen LogP) is 5.64. The molecule has 2 unspecified atom stereocenters. The third kappa shape index (κ3) is 7.55. The largest absolute Gasteiger partial charge is 0.354 e. The van der Waals surface area contributed by atoms with E-state index >= 15 is 0 Å². The number of carbonyl (C=O) groups excluding carboxylic acids is 2. The van der Waals surface area contributed by atoms with Crippen molar-refractivity contribution in [1.82, 2.24) is 10.2 Å². The molecule has 0 aromatic rings. The smallest absolute Gasteiger partial charge is 0.243 e. The number of allylic oxidation sites excluding steroid dienone is 2. The molecule has 1 fully saturated rings. The molecule has 3 atom stereocenters. The normalized spacial score (nSPS) is 23.6. The average molecular weight is 517 g/mol. The Balaban J connectivity index is 2.24. The zero-order chi connectivity index (χ0) is 21.1. The standard InChI is InChI=1S/C24H41IN2O2/c1-3-5-12-18-27(24(29)20-15-10-11-16-21(20)25)22(19-13-8-7-9-14-19)23(28)26-17-6-4-2/h10-11,19-22H,3-9,12-18H2,1-2H3,(H,26,28)/t20?,21?,22-/m0/s1. The second-order valence-corrected chi connectivity index (χ2v) is 10.4. The number of hydrogen-bond acceptors (Lipinski definition) is 2. The van der Waals surface area contributed by atoms with Crippen LogP contribution in [0.3, 0.4) is 0 Å². The van der Waals surface area contributed by atoms with Gasteiger partial charge in [-0.2, -0.15) is 0 Å². The van der Waals surface area contributed by atoms with Gasteiger partial charge in [-0.25, -0.2) is 0 Å². The molecule has 2 amide bonds. The number of rotatable bonds is 11. The van der Waals surface area contributed by atoms with E-state index in [2.05, 4.69) is 53.9 Å². The molecular weight excluding hydrogens is 475 g/mol. The van der Waals surface area contributed by atoms with E-state index in [0.717, 1.165) is 70.9 Å². The third-order valence-corrected chi connectivity index (χ3v) is 7.86. The number of nitrogens with one attached hydrogen (secondary N) is 1. The van der Waals surface area contributed by atoms with Crippen LogP contribution in [0, 0.1) is 11.8 Å². The van der Waals surface area contributed by atoms with Crippen LogP contribution in [-0.4, -0.2) is 39.8 Å². The Morgan fingerprint density at radius 1 is 1.03 bits per heavy atom. The second kappa shape index (κ2) is 13.7. The van der Waals surface area contributed by atoms with E-state index in [1.807, 2.05) is 4.90 Å². The molecule has 0 aromatic heterocycles. The molecule has 0 saturated heterocycles. The van der Waals surface area contributed by atoms with Crippen molar-refractivity contribution >= 4 is 34.4 Å². The molecule has 0 bridgehead atoms. The lowest BCUT2D eigenvalue weighted by Gasteiger charge is -2.40. The number of hydrogen-bond donors (Lipinski definition) is 1. The van der Waals surface area contributed by atoms with Crippen molar-refractivity contribution < 1.29 is 9.59 Å². The molecule has 29 heavy (non-hydrogen) atoms. The molecule has 1 N–H and O–H groups in total. The van der Waals surface area contributed by atoms with Gasteiger partial charge in [0.1, 0.15) is 6.04 Å². The van der Waals surface area contributed by atoms with Gasteiger partial charge in [0, 0.05) is 17.0 Å². The van der Waals surface area contributed by atoms with Crippen LogP contribution >= 0.6 is 22.6 Å². The Morgan fingerprint density at radius 2 is 1.72 bits per heavy atom. The summed E-state index contributed by atoms with van der Waals surface area (Å²) in [6.45, 7) is 5.77. The molecular formula is C24H41IN2O2. The maximum atomic E-state index is 13.7. The van der Waals surface area contributed by atoms with Gasteiger partial charge in [-0.15, -0.1) is 0 Å². The second-order valence-electron chi connectivity index (χ2n) is 8.79. The summed E-state index contributed by atoms with van der Waals surface area (Å²) in [6.07, 6.45) is 17.2. The first-order valence-electron chi connectivity index (χ1n) is 12.0. The predicted molar refractivity (Wildman–Crippen MR) is 129 cm³/mol. The summed E-state index contributed by atoms with van der Waals surface area (Å²) in [6, 6.07) is -0.286. The Labute approximate surface area is 191 Å². The molecule has 5 heteroatoms. The first-order valence-corrected chi connectivity index (χ1v) is 13.2. The average Bonchev–Trinajstić information content (AvgIpc) is 2.74. The number of carbonyl (C=O) groups is 2. The minimum Gasteiger partial charge on any atom is -0.354 e. The highest BCUT2D eigenvalue weighted by Gasteiger charge is 2.40. The highest BCUT2D eigenvalue weighted by Crippen LogP contribution is 2.33. The summed E-state index contributed by atoms with van der Waals surface area (Å²) >= 11 is 2.44. The summed E-state index contributed by atoms with van der Waals surface area (Å²) in [7, 11) is 0. The molecule has 0 heterocycles. The zero-order valence-electron chi connectivity index (χ0n) is 18.5. The molecule has 4 nitrogen and oxygen atoms in total. The Kier molecular flexibility index (Phi) is 11.6. The van der Waals surface area contributed by atoms with E-state index in [1.165, 1.54) is 19.3 Å². The van der Waals surface area contributed by atoms with Gasteiger partial charge in [0.15, 0.2) is 0 Å². The lowest BCUT2D eigenvalue weighted by molar-refractivity contribution is -0.146. The SMILES string of the molecule is CCCCCN(C(=O)C1CC=CCC1I)[C@H](C(=O)NCCCC)C1CCCCC1. The van der Waals surface area contributed by atoms with Crippen molar-refractivity contribution in [3.63, 3.8) is 0 Å². The van der Waals surface area contributed by atoms with Crippen molar-refractivity contribution in [1.29, 1.82) is 0 Å². The van der Waals surface area contributed by atoms with E-state index in [9.17, 15) is 9.59 Å². The van der Waals surface area contributed by atoms with Gasteiger partial charge in [-0.1, -0.05) is 87.1 Å². The number of unbranched alkanes of at least 4 members (excludes halogenated alkanes) is 3. The molecule has 2 aliphatic carbocycles. The van der Waals surface area contributed by atoms with Crippen molar-refractivity contribution in [2.45, 2.75) is 101 Å². The number of amides is 2. The highest BCUT2D eigenvalue weighted by molar-refractivity contribution is 14.1. The fraction of sp³-hybridized carbons (Fsp3) is 0.833. The van der Waals surface area contributed by atoms with Crippen LogP contribution in [0.2, 0.25) is 0 Å². The minimum absolute atomic E-state index is 0.0109. The zero-order valence-corrected chi connectivity index (χ0v) is 20.7. The van der Waals surface area contributed by atoms with Crippen LogP contribution in [0.15, 0.2) is 12.2 Å². The van der Waals surface area contributed by atoms with Gasteiger partial charge >= 0.3 is 0 Å². The first kappa shape index (κ1) is 24.7. The molecule has 2 rings (SSSR count). The summed E-state index contributed by atoms with van der Waals surface area (Å²) in [5, 5.41) is 3.17. The highest BCUT2D eigenvalue weighted by atomic mass is 127. The summed E-state index contributed by atoms with van der Waals surface area (Å²) in [5.74, 6) is 0.622. The first-order chi connectivity index (χ1) is 14.1. The Morgan fingerprint density at radius 3 is 2.38 bits per heavy atom. The fourth-order valence-electron chi connectivity index (χ4n) is 4.72. The van der Waals surface area contributed by atoms with Crippen LogP contribution < -0.4 is 5.32 Å². The molecule has 0 spiro atoms. The summed E-state index contributed by atoms with van der Waals surface area (Å²) in [5.41, 5.74) is 0. The van der Waals surface area contributed by atoms with Crippen molar-refractivity contribution in [3.05, 3.63) is 12.2 Å². The molecule has 1 saturated carbocycles. The van der Waals surface area contributed by atoms with Crippen LogP contribution in [0.4, 0.5) is 0 Å². The van der Waals surface area contributed by atoms with E-state index in [4.69, 9.17) is 0 Å². The van der Waals surface area contributed by atoms with Gasteiger partial charge in [0.05, 0.1) is 5.92 Å². The maximum absolute atomic E-state index is 13.7. The van der Waals surface area contributed by atoms with Crippen molar-refractivity contribution in [2.24, 2.45) is 11.8 Å². The Bertz CT molecular complexity index is 531. The minimum atomic E-state index is -0.286. The van der Waals surface area contributed by atoms with Crippen molar-refractivity contribution in [3.8, 4) is 0 Å². The van der Waals surface area contributed by atoms with E-state index in [-0.39, 0.29) is 23.8 Å². The quantitative estimate of drug-likeness (QED) is 0.167. The number of alkyl halides is 1. The van der Waals surface area contributed by atoms with E-state index < -0.39 is 0 Å². The van der Waals surface area contributed by atoms with Crippen LogP contribution in [-0.2, 0) is 9.59 Å². The summed E-state index contributed by atoms with van der Waals surface area (Å²) in [4.78, 5) is 29.1. The summed E-state index contributed by atoms with van der Waals surface area (Å²) < 4.78 is 0.328. The van der Waals surface area contributed by atoms with Gasteiger partial charge in [-0.05, 0) is 44.4 Å². The van der Waals surface area contributed by atoms with Gasteiger partial charge in [0.2, 0.25) is 11.8 Å². The molecule has 0 radical (unpaired) electrons.